The van der Waals surface area contributed by atoms with Crippen LogP contribution in [0.4, 0.5) is 0 Å². The van der Waals surface area contributed by atoms with Crippen molar-refractivity contribution in [2.45, 2.75) is 39.0 Å². The van der Waals surface area contributed by atoms with Crippen LogP contribution in [0.15, 0.2) is 59.5 Å². The Morgan fingerprint density at radius 3 is 2.43 bits per heavy atom. The molecule has 0 radical (unpaired) electrons. The lowest BCUT2D eigenvalue weighted by molar-refractivity contribution is 0.697. The Bertz CT molecular complexity index is 1270. The highest BCUT2D eigenvalue weighted by Crippen LogP contribution is 2.30. The molecule has 0 saturated carbocycles. The highest BCUT2D eigenvalue weighted by atomic mass is 35.5. The van der Waals surface area contributed by atoms with Gasteiger partial charge in [-0.1, -0.05) is 36.2 Å². The molecular formula is C25H26ClN3O. The maximum absolute atomic E-state index is 12.9. The molecule has 154 valence electrons. The van der Waals surface area contributed by atoms with E-state index < -0.39 is 0 Å². The van der Waals surface area contributed by atoms with Gasteiger partial charge in [-0.2, -0.15) is 0 Å². The van der Waals surface area contributed by atoms with E-state index in [4.69, 9.17) is 4.98 Å². The van der Waals surface area contributed by atoms with E-state index >= 15 is 0 Å². The Balaban J connectivity index is 0.00000218. The summed E-state index contributed by atoms with van der Waals surface area (Å²) in [5, 5.41) is 1.23. The zero-order valence-electron chi connectivity index (χ0n) is 17.4. The van der Waals surface area contributed by atoms with Crippen LogP contribution in [-0.4, -0.2) is 14.1 Å². The van der Waals surface area contributed by atoms with Crippen molar-refractivity contribution in [3.05, 3.63) is 81.9 Å². The van der Waals surface area contributed by atoms with E-state index in [-0.39, 0.29) is 18.0 Å². The molecular weight excluding hydrogens is 394 g/mol. The van der Waals surface area contributed by atoms with Crippen LogP contribution in [-0.2, 0) is 19.9 Å². The largest absolute Gasteiger partial charge is 0.332 e. The van der Waals surface area contributed by atoms with Crippen molar-refractivity contribution < 1.29 is 0 Å². The summed E-state index contributed by atoms with van der Waals surface area (Å²) in [5.74, 6) is 0.675. The van der Waals surface area contributed by atoms with E-state index in [0.29, 0.717) is 5.82 Å². The third-order valence-corrected chi connectivity index (χ3v) is 6.15. The number of halogens is 1. The minimum Gasteiger partial charge on any atom is -0.332 e. The lowest BCUT2D eigenvalue weighted by Crippen LogP contribution is -2.17. The fraction of sp³-hybridized carbons (Fsp3) is 0.280. The second-order valence-electron chi connectivity index (χ2n) is 8.08. The Kier molecular flexibility index (Phi) is 5.52. The zero-order chi connectivity index (χ0) is 20.0. The average Bonchev–Trinajstić information content (AvgIpc) is 2.89. The SMILES string of the molecule is Cc1ccc(-c2ccn(-c3ccc4c5c(n(C)c4n3)CCCCC5)c(=O)c2)cc1.Cl. The molecule has 4 nitrogen and oxygen atoms in total. The standard InChI is InChI=1S/C25H25N3O.ClH/c1-17-8-10-18(11-9-17)19-14-15-28(24(29)16-19)23-13-12-21-20-6-4-3-5-7-22(20)27(2)25(21)26-23;/h8-16H,3-7H2,1-2H3;1H. The van der Waals surface area contributed by atoms with Crippen molar-refractivity contribution in [2.75, 3.05) is 0 Å². The average molecular weight is 420 g/mol. The van der Waals surface area contributed by atoms with Crippen LogP contribution in [0.5, 0.6) is 0 Å². The molecule has 0 unspecified atom stereocenters. The predicted molar refractivity (Wildman–Crippen MR) is 125 cm³/mol. The topological polar surface area (TPSA) is 39.8 Å². The quantitative estimate of drug-likeness (QED) is 0.408. The van der Waals surface area contributed by atoms with E-state index in [0.717, 1.165) is 29.6 Å². The molecule has 1 aliphatic carbocycles. The van der Waals surface area contributed by atoms with Crippen LogP contribution in [0.2, 0.25) is 0 Å². The normalized spacial score (nSPS) is 13.5. The Labute approximate surface area is 182 Å². The highest BCUT2D eigenvalue weighted by Gasteiger charge is 2.18. The van der Waals surface area contributed by atoms with Gasteiger partial charge in [0.2, 0.25) is 0 Å². The van der Waals surface area contributed by atoms with E-state index in [1.54, 1.807) is 10.6 Å². The summed E-state index contributed by atoms with van der Waals surface area (Å²) < 4.78 is 3.86. The van der Waals surface area contributed by atoms with Gasteiger partial charge in [0.05, 0.1) is 0 Å². The fourth-order valence-corrected chi connectivity index (χ4v) is 4.51. The number of nitrogens with zero attached hydrogens (tertiary/aromatic N) is 3. The van der Waals surface area contributed by atoms with Crippen LogP contribution in [0, 0.1) is 6.92 Å². The predicted octanol–water partition coefficient (Wildman–Crippen LogP) is 5.39. The molecule has 0 atom stereocenters. The number of hydrogen-bond acceptors (Lipinski definition) is 2. The number of hydrogen-bond donors (Lipinski definition) is 0. The summed E-state index contributed by atoms with van der Waals surface area (Å²) in [6, 6.07) is 16.0. The first-order valence-electron chi connectivity index (χ1n) is 10.4. The Morgan fingerprint density at radius 2 is 1.67 bits per heavy atom. The highest BCUT2D eigenvalue weighted by molar-refractivity contribution is 5.85. The smallest absolute Gasteiger partial charge is 0.256 e. The molecule has 3 heterocycles. The summed E-state index contributed by atoms with van der Waals surface area (Å²) in [6.07, 6.45) is 7.85. The van der Waals surface area contributed by atoms with Crippen molar-refractivity contribution in [3.63, 3.8) is 0 Å². The number of rotatable bonds is 2. The van der Waals surface area contributed by atoms with Crippen molar-refractivity contribution in [3.8, 4) is 16.9 Å². The minimum atomic E-state index is -0.0642. The maximum atomic E-state index is 12.9. The van der Waals surface area contributed by atoms with Gasteiger partial charge in [0.25, 0.3) is 5.56 Å². The lowest BCUT2D eigenvalue weighted by Gasteiger charge is -2.08. The lowest BCUT2D eigenvalue weighted by atomic mass is 10.1. The number of fused-ring (bicyclic) bond motifs is 3. The van der Waals surface area contributed by atoms with Gasteiger partial charge in [-0.3, -0.25) is 9.36 Å². The molecule has 5 rings (SSSR count). The number of pyridine rings is 2. The van der Waals surface area contributed by atoms with E-state index in [1.165, 1.54) is 41.5 Å². The van der Waals surface area contributed by atoms with Gasteiger partial charge in [-0.05, 0) is 67.5 Å². The molecule has 0 bridgehead atoms. The molecule has 0 spiro atoms. The van der Waals surface area contributed by atoms with Gasteiger partial charge in [0.15, 0.2) is 0 Å². The fourth-order valence-electron chi connectivity index (χ4n) is 4.51. The van der Waals surface area contributed by atoms with Crippen LogP contribution in [0.3, 0.4) is 0 Å². The van der Waals surface area contributed by atoms with Crippen molar-refractivity contribution in [1.82, 2.24) is 14.1 Å². The Morgan fingerprint density at radius 1 is 0.900 bits per heavy atom. The molecule has 0 saturated heterocycles. The van der Waals surface area contributed by atoms with Gasteiger partial charge < -0.3 is 4.57 Å². The molecule has 0 amide bonds. The molecule has 1 aliphatic rings. The first-order chi connectivity index (χ1) is 14.1. The van der Waals surface area contributed by atoms with Crippen molar-refractivity contribution in [1.29, 1.82) is 0 Å². The second kappa shape index (κ2) is 8.11. The summed E-state index contributed by atoms with van der Waals surface area (Å²) in [5.41, 5.74) is 6.95. The van der Waals surface area contributed by atoms with Crippen LogP contribution in [0.1, 0.15) is 36.1 Å². The van der Waals surface area contributed by atoms with Gasteiger partial charge in [-0.25, -0.2) is 4.98 Å². The molecule has 1 aromatic carbocycles. The van der Waals surface area contributed by atoms with Gasteiger partial charge >= 0.3 is 0 Å². The molecule has 4 aromatic rings. The molecule has 0 aliphatic heterocycles. The van der Waals surface area contributed by atoms with Gasteiger partial charge in [0, 0.05) is 30.4 Å². The summed E-state index contributed by atoms with van der Waals surface area (Å²) in [6.45, 7) is 2.06. The van der Waals surface area contributed by atoms with E-state index in [1.807, 2.05) is 18.3 Å². The third kappa shape index (κ3) is 3.46. The Hall–Kier alpha value is -2.85. The molecule has 5 heteroatoms. The monoisotopic (exact) mass is 419 g/mol. The summed E-state index contributed by atoms with van der Waals surface area (Å²) in [4.78, 5) is 17.7. The number of aromatic nitrogens is 3. The zero-order valence-corrected chi connectivity index (χ0v) is 18.2. The van der Waals surface area contributed by atoms with Crippen LogP contribution >= 0.6 is 12.4 Å². The third-order valence-electron chi connectivity index (χ3n) is 6.15. The number of benzene rings is 1. The molecule has 30 heavy (non-hydrogen) atoms. The summed E-state index contributed by atoms with van der Waals surface area (Å²) in [7, 11) is 2.10. The van der Waals surface area contributed by atoms with Gasteiger partial charge in [0.1, 0.15) is 11.5 Å². The van der Waals surface area contributed by atoms with Gasteiger partial charge in [-0.15, -0.1) is 12.4 Å². The van der Waals surface area contributed by atoms with Crippen molar-refractivity contribution in [2.24, 2.45) is 7.05 Å². The first-order valence-corrected chi connectivity index (χ1v) is 10.4. The van der Waals surface area contributed by atoms with Crippen molar-refractivity contribution >= 4 is 23.4 Å². The van der Waals surface area contributed by atoms with E-state index in [9.17, 15) is 4.79 Å². The first kappa shape index (κ1) is 20.4. The van der Waals surface area contributed by atoms with Crippen LogP contribution in [0.25, 0.3) is 28.0 Å². The van der Waals surface area contributed by atoms with E-state index in [2.05, 4.69) is 48.9 Å². The second-order valence-corrected chi connectivity index (χ2v) is 8.08. The minimum absolute atomic E-state index is 0. The maximum Gasteiger partial charge on any atom is 0.256 e. The molecule has 0 fully saturated rings. The molecule has 3 aromatic heterocycles. The number of aryl methyl sites for hydroxylation is 3. The van der Waals surface area contributed by atoms with Crippen LogP contribution < -0.4 is 5.56 Å². The molecule has 0 N–H and O–H groups in total. The summed E-state index contributed by atoms with van der Waals surface area (Å²) >= 11 is 0.